The maximum absolute atomic E-state index is 6.13. The lowest BCUT2D eigenvalue weighted by atomic mass is 9.87. The Morgan fingerprint density at radius 3 is 3.00 bits per heavy atom. The lowest BCUT2D eigenvalue weighted by Crippen LogP contribution is -2.19. The van der Waals surface area contributed by atoms with E-state index in [1.165, 1.54) is 34.8 Å². The van der Waals surface area contributed by atoms with Gasteiger partial charge in [0.15, 0.2) is 0 Å². The van der Waals surface area contributed by atoms with Gasteiger partial charge < -0.3 is 10.3 Å². The van der Waals surface area contributed by atoms with Crippen molar-refractivity contribution in [3.05, 3.63) is 21.8 Å². The highest BCUT2D eigenvalue weighted by molar-refractivity contribution is 14.1. The summed E-state index contributed by atoms with van der Waals surface area (Å²) >= 11 is 2.32. The number of halogens is 1. The molecule has 2 aromatic rings. The SMILES string of the molecule is CC1CCCC(n2c(N)nc3cc(I)ccc32)C1. The second kappa shape index (κ2) is 4.72. The van der Waals surface area contributed by atoms with Crippen LogP contribution in [-0.4, -0.2) is 9.55 Å². The van der Waals surface area contributed by atoms with Crippen molar-refractivity contribution in [2.75, 3.05) is 5.73 Å². The van der Waals surface area contributed by atoms with Gasteiger partial charge in [0.1, 0.15) is 0 Å². The van der Waals surface area contributed by atoms with Crippen LogP contribution in [0, 0.1) is 9.49 Å². The van der Waals surface area contributed by atoms with Crippen LogP contribution < -0.4 is 5.73 Å². The van der Waals surface area contributed by atoms with E-state index in [2.05, 4.69) is 57.3 Å². The first-order valence-electron chi connectivity index (χ1n) is 6.58. The third-order valence-corrected chi connectivity index (χ3v) is 4.62. The van der Waals surface area contributed by atoms with Gasteiger partial charge in [0.2, 0.25) is 5.95 Å². The minimum atomic E-state index is 0.527. The van der Waals surface area contributed by atoms with Gasteiger partial charge in [-0.1, -0.05) is 19.8 Å². The highest BCUT2D eigenvalue weighted by Gasteiger charge is 2.23. The Kier molecular flexibility index (Phi) is 3.21. The molecule has 2 N–H and O–H groups in total. The van der Waals surface area contributed by atoms with E-state index in [0.717, 1.165) is 11.4 Å². The molecule has 1 fully saturated rings. The van der Waals surface area contributed by atoms with Crippen LogP contribution in [0.1, 0.15) is 38.6 Å². The van der Waals surface area contributed by atoms with Crippen molar-refractivity contribution in [2.24, 2.45) is 5.92 Å². The first-order chi connectivity index (χ1) is 8.65. The number of fused-ring (bicyclic) bond motifs is 1. The third-order valence-electron chi connectivity index (χ3n) is 3.95. The van der Waals surface area contributed by atoms with Crippen LogP contribution in [0.25, 0.3) is 11.0 Å². The third kappa shape index (κ3) is 2.11. The normalized spacial score (nSPS) is 24.6. The molecule has 0 radical (unpaired) electrons. The second-order valence-electron chi connectivity index (χ2n) is 5.40. The van der Waals surface area contributed by atoms with E-state index in [9.17, 15) is 0 Å². The molecule has 18 heavy (non-hydrogen) atoms. The van der Waals surface area contributed by atoms with Gasteiger partial charge in [-0.15, -0.1) is 0 Å². The molecule has 1 saturated carbocycles. The molecule has 1 aliphatic carbocycles. The largest absolute Gasteiger partial charge is 0.369 e. The lowest BCUT2D eigenvalue weighted by Gasteiger charge is -2.28. The average Bonchev–Trinajstić information content (AvgIpc) is 2.64. The van der Waals surface area contributed by atoms with E-state index in [4.69, 9.17) is 5.73 Å². The Balaban J connectivity index is 2.07. The van der Waals surface area contributed by atoms with Crippen molar-refractivity contribution in [1.82, 2.24) is 9.55 Å². The average molecular weight is 355 g/mol. The molecule has 0 aliphatic heterocycles. The fraction of sp³-hybridized carbons (Fsp3) is 0.500. The van der Waals surface area contributed by atoms with Gasteiger partial charge in [-0.3, -0.25) is 0 Å². The van der Waals surface area contributed by atoms with Crippen molar-refractivity contribution in [2.45, 2.75) is 38.6 Å². The van der Waals surface area contributed by atoms with Gasteiger partial charge in [-0.05, 0) is 59.5 Å². The predicted molar refractivity (Wildman–Crippen MR) is 83.5 cm³/mol. The fourth-order valence-electron chi connectivity index (χ4n) is 3.11. The maximum atomic E-state index is 6.13. The first-order valence-corrected chi connectivity index (χ1v) is 7.66. The summed E-state index contributed by atoms with van der Waals surface area (Å²) in [7, 11) is 0. The fourth-order valence-corrected chi connectivity index (χ4v) is 3.59. The number of hydrogen-bond acceptors (Lipinski definition) is 2. The van der Waals surface area contributed by atoms with Gasteiger partial charge in [0.05, 0.1) is 11.0 Å². The molecule has 0 bridgehead atoms. The number of hydrogen-bond donors (Lipinski definition) is 1. The van der Waals surface area contributed by atoms with Crippen LogP contribution in [0.2, 0.25) is 0 Å². The van der Waals surface area contributed by atoms with E-state index >= 15 is 0 Å². The smallest absolute Gasteiger partial charge is 0.201 e. The molecule has 2 unspecified atom stereocenters. The molecule has 2 atom stereocenters. The molecule has 3 nitrogen and oxygen atoms in total. The van der Waals surface area contributed by atoms with Gasteiger partial charge >= 0.3 is 0 Å². The number of imidazole rings is 1. The number of benzene rings is 1. The topological polar surface area (TPSA) is 43.8 Å². The number of nitrogen functional groups attached to an aromatic ring is 1. The van der Waals surface area contributed by atoms with Gasteiger partial charge in [0.25, 0.3) is 0 Å². The Hall–Kier alpha value is -0.780. The highest BCUT2D eigenvalue weighted by atomic mass is 127. The molecule has 0 saturated heterocycles. The molecule has 1 aromatic heterocycles. The first kappa shape index (κ1) is 12.3. The molecule has 4 heteroatoms. The second-order valence-corrected chi connectivity index (χ2v) is 6.64. The van der Waals surface area contributed by atoms with E-state index in [-0.39, 0.29) is 0 Å². The summed E-state index contributed by atoms with van der Waals surface area (Å²) in [6, 6.07) is 6.92. The zero-order chi connectivity index (χ0) is 12.7. The lowest BCUT2D eigenvalue weighted by molar-refractivity contribution is 0.289. The zero-order valence-electron chi connectivity index (χ0n) is 10.6. The minimum absolute atomic E-state index is 0.527. The van der Waals surface area contributed by atoms with Crippen molar-refractivity contribution in [3.8, 4) is 0 Å². The van der Waals surface area contributed by atoms with E-state index in [0.29, 0.717) is 12.0 Å². The van der Waals surface area contributed by atoms with Crippen LogP contribution in [0.4, 0.5) is 5.95 Å². The Morgan fingerprint density at radius 2 is 2.22 bits per heavy atom. The predicted octanol–water partition coefficient (Wildman–Crippen LogP) is 3.97. The highest BCUT2D eigenvalue weighted by Crippen LogP contribution is 2.36. The molecule has 3 rings (SSSR count). The number of nitrogens with two attached hydrogens (primary N) is 1. The number of rotatable bonds is 1. The number of aromatic nitrogens is 2. The quantitative estimate of drug-likeness (QED) is 0.787. The summed E-state index contributed by atoms with van der Waals surface area (Å²) < 4.78 is 3.46. The van der Waals surface area contributed by atoms with Crippen LogP contribution in [-0.2, 0) is 0 Å². The molecular weight excluding hydrogens is 337 g/mol. The molecule has 1 heterocycles. The summed E-state index contributed by atoms with van der Waals surface area (Å²) in [5.41, 5.74) is 8.34. The zero-order valence-corrected chi connectivity index (χ0v) is 12.7. The summed E-state index contributed by atoms with van der Waals surface area (Å²) in [4.78, 5) is 4.51. The van der Waals surface area contributed by atoms with E-state index in [1.807, 2.05) is 0 Å². The molecular formula is C14H18IN3. The van der Waals surface area contributed by atoms with Crippen molar-refractivity contribution < 1.29 is 0 Å². The number of anilines is 1. The standard InChI is InChI=1S/C14H18IN3/c1-9-3-2-4-11(7-9)18-13-6-5-10(15)8-12(13)17-14(18)16/h5-6,8-9,11H,2-4,7H2,1H3,(H2,16,17). The van der Waals surface area contributed by atoms with Crippen LogP contribution in [0.15, 0.2) is 18.2 Å². The van der Waals surface area contributed by atoms with Gasteiger partial charge in [-0.25, -0.2) is 4.98 Å². The molecule has 1 aliphatic rings. The van der Waals surface area contributed by atoms with Crippen LogP contribution >= 0.6 is 22.6 Å². The van der Waals surface area contributed by atoms with Crippen LogP contribution in [0.5, 0.6) is 0 Å². The Morgan fingerprint density at radius 1 is 1.39 bits per heavy atom. The van der Waals surface area contributed by atoms with Gasteiger partial charge in [-0.2, -0.15) is 0 Å². The summed E-state index contributed by atoms with van der Waals surface area (Å²) in [5.74, 6) is 1.47. The van der Waals surface area contributed by atoms with Gasteiger partial charge in [0, 0.05) is 9.61 Å². The van der Waals surface area contributed by atoms with E-state index in [1.54, 1.807) is 0 Å². The molecule has 0 amide bonds. The minimum Gasteiger partial charge on any atom is -0.369 e. The van der Waals surface area contributed by atoms with E-state index < -0.39 is 0 Å². The van der Waals surface area contributed by atoms with Crippen molar-refractivity contribution in [3.63, 3.8) is 0 Å². The molecule has 96 valence electrons. The summed E-state index contributed by atoms with van der Waals surface area (Å²) in [5, 5.41) is 0. The van der Waals surface area contributed by atoms with Crippen molar-refractivity contribution in [1.29, 1.82) is 0 Å². The maximum Gasteiger partial charge on any atom is 0.201 e. The summed E-state index contributed by atoms with van der Waals surface area (Å²) in [6.45, 7) is 2.34. The number of nitrogens with zero attached hydrogens (tertiary/aromatic N) is 2. The Labute approximate surface area is 121 Å². The monoisotopic (exact) mass is 355 g/mol. The molecule has 1 aromatic carbocycles. The summed E-state index contributed by atoms with van der Waals surface area (Å²) in [6.07, 6.45) is 5.10. The van der Waals surface area contributed by atoms with Crippen molar-refractivity contribution >= 4 is 39.6 Å². The van der Waals surface area contributed by atoms with Crippen LogP contribution in [0.3, 0.4) is 0 Å². The Bertz CT molecular complexity index is 576. The molecule has 0 spiro atoms.